The average Bonchev–Trinajstić information content (AvgIpc) is 2.78. The van der Waals surface area contributed by atoms with Gasteiger partial charge in [0.15, 0.2) is 10.9 Å². The largest absolute Gasteiger partial charge is 0.298 e. The first-order chi connectivity index (χ1) is 15.9. The van der Waals surface area contributed by atoms with Gasteiger partial charge in [0.05, 0.1) is 16.2 Å². The Morgan fingerprint density at radius 1 is 1.09 bits per heavy atom. The molecule has 4 saturated carbocycles. The molecule has 0 amide bonds. The van der Waals surface area contributed by atoms with Crippen LogP contribution in [0.3, 0.4) is 0 Å². The van der Waals surface area contributed by atoms with Crippen molar-refractivity contribution in [1.82, 2.24) is 14.5 Å². The number of pyridine rings is 1. The van der Waals surface area contributed by atoms with Gasteiger partial charge in [-0.15, -0.1) is 0 Å². The van der Waals surface area contributed by atoms with Crippen LogP contribution in [0.1, 0.15) is 51.0 Å². The van der Waals surface area contributed by atoms with Crippen LogP contribution in [0.15, 0.2) is 52.5 Å². The molecule has 3 aromatic rings. The van der Waals surface area contributed by atoms with E-state index in [1.807, 2.05) is 44.2 Å². The molecule has 4 aliphatic rings. The molecule has 0 aliphatic heterocycles. The molecule has 1 unspecified atom stereocenters. The topological polar surface area (TPSA) is 64.8 Å². The van der Waals surface area contributed by atoms with Crippen LogP contribution in [-0.2, 0) is 4.79 Å². The number of carbonyl (C=O) groups is 1. The van der Waals surface area contributed by atoms with Gasteiger partial charge in [-0.3, -0.25) is 9.59 Å². The SMILES string of the molecule is Cc1ccnc(-n2c(SC(C)C(=O)C34CC5CC(CC(C5)C3)C4)nc3ccccc3c2=O)c1. The minimum absolute atomic E-state index is 0.143. The lowest BCUT2D eigenvalue weighted by molar-refractivity contribution is -0.143. The summed E-state index contributed by atoms with van der Waals surface area (Å²) in [5.74, 6) is 3.09. The van der Waals surface area contributed by atoms with Gasteiger partial charge in [-0.05, 0) is 100.0 Å². The van der Waals surface area contributed by atoms with E-state index in [1.54, 1.807) is 16.8 Å². The van der Waals surface area contributed by atoms with E-state index in [1.165, 1.54) is 31.0 Å². The second-order valence-corrected chi connectivity index (χ2v) is 11.9. The second-order valence-electron chi connectivity index (χ2n) is 10.6. The number of fused-ring (bicyclic) bond motifs is 1. The van der Waals surface area contributed by atoms with Crippen molar-refractivity contribution in [3.63, 3.8) is 0 Å². The molecule has 1 aromatic carbocycles. The average molecular weight is 460 g/mol. The number of hydrogen-bond acceptors (Lipinski definition) is 5. The van der Waals surface area contributed by atoms with Crippen molar-refractivity contribution in [2.24, 2.45) is 23.2 Å². The van der Waals surface area contributed by atoms with Crippen molar-refractivity contribution in [3.05, 3.63) is 58.5 Å². The Balaban J connectivity index is 1.39. The summed E-state index contributed by atoms with van der Waals surface area (Å²) in [4.78, 5) is 36.7. The summed E-state index contributed by atoms with van der Waals surface area (Å²) in [5.41, 5.74) is 1.37. The van der Waals surface area contributed by atoms with Gasteiger partial charge in [-0.2, -0.15) is 0 Å². The van der Waals surface area contributed by atoms with Crippen LogP contribution in [0.4, 0.5) is 0 Å². The summed E-state index contributed by atoms with van der Waals surface area (Å²) < 4.78 is 1.59. The van der Waals surface area contributed by atoms with Crippen LogP contribution in [0.2, 0.25) is 0 Å². The highest BCUT2D eigenvalue weighted by Gasteiger charge is 2.55. The van der Waals surface area contributed by atoms with Crippen molar-refractivity contribution >= 4 is 28.4 Å². The van der Waals surface area contributed by atoms with Crippen LogP contribution in [-0.4, -0.2) is 25.6 Å². The van der Waals surface area contributed by atoms with E-state index in [9.17, 15) is 9.59 Å². The molecule has 4 fully saturated rings. The fourth-order valence-corrected chi connectivity index (χ4v) is 8.20. The number of aryl methyl sites for hydroxylation is 1. The first-order valence-corrected chi connectivity index (χ1v) is 13.0. The zero-order valence-electron chi connectivity index (χ0n) is 19.2. The Morgan fingerprint density at radius 2 is 1.76 bits per heavy atom. The molecule has 33 heavy (non-hydrogen) atoms. The lowest BCUT2D eigenvalue weighted by Crippen LogP contribution is -2.51. The molecule has 4 aliphatic carbocycles. The number of para-hydroxylation sites is 1. The molecule has 6 heteroatoms. The molecule has 2 aromatic heterocycles. The van der Waals surface area contributed by atoms with E-state index in [2.05, 4.69) is 4.98 Å². The number of thioether (sulfide) groups is 1. The number of carbonyl (C=O) groups excluding carboxylic acids is 1. The number of Topliss-reactive ketones (excluding diaryl/α,β-unsaturated/α-hetero) is 1. The fraction of sp³-hybridized carbons (Fsp3) is 0.481. The van der Waals surface area contributed by atoms with Crippen molar-refractivity contribution in [1.29, 1.82) is 0 Å². The van der Waals surface area contributed by atoms with Gasteiger partial charge in [-0.25, -0.2) is 14.5 Å². The zero-order chi connectivity index (χ0) is 22.7. The first-order valence-electron chi connectivity index (χ1n) is 12.1. The molecule has 7 rings (SSSR count). The predicted molar refractivity (Wildman–Crippen MR) is 131 cm³/mol. The van der Waals surface area contributed by atoms with Crippen LogP contribution in [0.5, 0.6) is 0 Å². The molecule has 0 radical (unpaired) electrons. The number of ketones is 1. The molecule has 0 N–H and O–H groups in total. The fourth-order valence-electron chi connectivity index (χ4n) is 7.09. The van der Waals surface area contributed by atoms with Gasteiger partial charge in [0.25, 0.3) is 5.56 Å². The standard InChI is InChI=1S/C27H29N3O2S/c1-16-7-8-28-23(9-16)30-25(32)21-5-3-4-6-22(21)29-26(30)33-17(2)24(31)27-13-18-10-19(14-27)12-20(11-18)15-27/h3-9,17-20H,10-15H2,1-2H3. The van der Waals surface area contributed by atoms with Crippen molar-refractivity contribution in [3.8, 4) is 5.82 Å². The highest BCUT2D eigenvalue weighted by atomic mass is 32.2. The minimum atomic E-state index is -0.259. The lowest BCUT2D eigenvalue weighted by Gasteiger charge is -2.56. The zero-order valence-corrected chi connectivity index (χ0v) is 20.0. The Labute approximate surface area is 198 Å². The second kappa shape index (κ2) is 7.79. The van der Waals surface area contributed by atoms with E-state index in [-0.39, 0.29) is 16.2 Å². The van der Waals surface area contributed by atoms with Crippen molar-refractivity contribution < 1.29 is 4.79 Å². The number of nitrogens with zero attached hydrogens (tertiary/aromatic N) is 3. The lowest BCUT2D eigenvalue weighted by atomic mass is 9.48. The Kier molecular flexibility index (Phi) is 4.98. The first kappa shape index (κ1) is 21.1. The summed E-state index contributed by atoms with van der Waals surface area (Å²) in [7, 11) is 0. The molecule has 1 atom stereocenters. The quantitative estimate of drug-likeness (QED) is 0.380. The monoisotopic (exact) mass is 459 g/mol. The molecule has 5 nitrogen and oxygen atoms in total. The Morgan fingerprint density at radius 3 is 2.42 bits per heavy atom. The van der Waals surface area contributed by atoms with Gasteiger partial charge in [0, 0.05) is 11.6 Å². The third-order valence-corrected chi connectivity index (χ3v) is 9.14. The molecule has 4 bridgehead atoms. The van der Waals surface area contributed by atoms with Crippen molar-refractivity contribution in [2.45, 2.75) is 62.8 Å². The van der Waals surface area contributed by atoms with Gasteiger partial charge in [0.1, 0.15) is 5.82 Å². The van der Waals surface area contributed by atoms with Gasteiger partial charge < -0.3 is 0 Å². The summed E-state index contributed by atoms with van der Waals surface area (Å²) in [6.07, 6.45) is 8.84. The smallest absolute Gasteiger partial charge is 0.267 e. The van der Waals surface area contributed by atoms with E-state index in [0.29, 0.717) is 27.7 Å². The molecule has 2 heterocycles. The maximum absolute atomic E-state index is 13.9. The third-order valence-electron chi connectivity index (χ3n) is 8.09. The van der Waals surface area contributed by atoms with E-state index in [4.69, 9.17) is 4.98 Å². The minimum Gasteiger partial charge on any atom is -0.298 e. The summed E-state index contributed by atoms with van der Waals surface area (Å²) >= 11 is 1.42. The third kappa shape index (κ3) is 3.54. The molecule has 0 saturated heterocycles. The summed E-state index contributed by atoms with van der Waals surface area (Å²) in [5, 5.41) is 0.845. The maximum Gasteiger partial charge on any atom is 0.267 e. The van der Waals surface area contributed by atoms with Crippen LogP contribution >= 0.6 is 11.8 Å². The molecular weight excluding hydrogens is 430 g/mol. The van der Waals surface area contributed by atoms with E-state index < -0.39 is 0 Å². The van der Waals surface area contributed by atoms with Crippen LogP contribution < -0.4 is 5.56 Å². The predicted octanol–water partition coefficient (Wildman–Crippen LogP) is 5.36. The molecular formula is C27H29N3O2S. The molecule has 0 spiro atoms. The van der Waals surface area contributed by atoms with Crippen LogP contribution in [0.25, 0.3) is 16.7 Å². The number of benzene rings is 1. The van der Waals surface area contributed by atoms with Gasteiger partial charge in [-0.1, -0.05) is 23.9 Å². The number of aromatic nitrogens is 3. The normalized spacial score (nSPS) is 28.8. The van der Waals surface area contributed by atoms with E-state index in [0.717, 1.165) is 42.6 Å². The summed E-state index contributed by atoms with van der Waals surface area (Å²) in [6, 6.07) is 11.2. The Hall–Kier alpha value is -2.47. The van der Waals surface area contributed by atoms with Gasteiger partial charge >= 0.3 is 0 Å². The summed E-state index contributed by atoms with van der Waals surface area (Å²) in [6.45, 7) is 3.98. The van der Waals surface area contributed by atoms with E-state index >= 15 is 0 Å². The molecule has 170 valence electrons. The highest BCUT2D eigenvalue weighted by Crippen LogP contribution is 2.61. The van der Waals surface area contributed by atoms with Crippen molar-refractivity contribution in [2.75, 3.05) is 0 Å². The van der Waals surface area contributed by atoms with Gasteiger partial charge in [0.2, 0.25) is 0 Å². The number of rotatable bonds is 5. The Bertz CT molecular complexity index is 1280. The maximum atomic E-state index is 13.9. The van der Waals surface area contributed by atoms with Crippen LogP contribution in [0, 0.1) is 30.1 Å². The highest BCUT2D eigenvalue weighted by molar-refractivity contribution is 8.00. The number of hydrogen-bond donors (Lipinski definition) is 0.